The van der Waals surface area contributed by atoms with Gasteiger partial charge in [0.2, 0.25) is 0 Å². The van der Waals surface area contributed by atoms with E-state index in [1.165, 1.54) is 0 Å². The fraction of sp³-hybridized carbons (Fsp3) is 0.333. The van der Waals surface area contributed by atoms with Gasteiger partial charge in [-0.05, 0) is 6.92 Å². The van der Waals surface area contributed by atoms with E-state index in [0.717, 1.165) is 5.70 Å². The lowest BCUT2D eigenvalue weighted by Crippen LogP contribution is -2.85. The third-order valence-electron chi connectivity index (χ3n) is 0.635. The van der Waals surface area contributed by atoms with Crippen LogP contribution in [0.2, 0.25) is 0 Å². The van der Waals surface area contributed by atoms with Crippen molar-refractivity contribution >= 4 is 0 Å². The quantitative estimate of drug-likeness (QED) is 0.372. The molecule has 0 amide bonds. The Morgan fingerprint density at radius 2 is 2.83 bits per heavy atom. The minimum atomic E-state index is 1.11. The molecule has 0 atom stereocenters. The summed E-state index contributed by atoms with van der Waals surface area (Å²) in [5, 5.41) is 0. The summed E-state index contributed by atoms with van der Waals surface area (Å²) in [6.45, 7) is 1.97. The lowest BCUT2D eigenvalue weighted by molar-refractivity contribution is -0.648. The maximum Gasteiger partial charge on any atom is 0.0407 e. The molecule has 0 aromatic rings. The second-order valence-corrected chi connectivity index (χ2v) is 1.23. The molecule has 3 N–H and O–H groups in total. The molecule has 0 saturated heterocycles. The Hall–Kier alpha value is -0.700. The minimum absolute atomic E-state index is 1.11. The first-order chi connectivity index (χ1) is 2.89. The summed E-state index contributed by atoms with van der Waals surface area (Å²) in [6, 6.07) is 0. The molecule has 0 aromatic heterocycles. The smallest absolute Gasteiger partial charge is 0.0407 e. The van der Waals surface area contributed by atoms with E-state index < -0.39 is 0 Å². The van der Waals surface area contributed by atoms with Gasteiger partial charge in [0.15, 0.2) is 0 Å². The summed E-state index contributed by atoms with van der Waals surface area (Å²) >= 11 is 0. The summed E-state index contributed by atoms with van der Waals surface area (Å²) < 4.78 is 0. The fourth-order valence-electron chi connectivity index (χ4n) is 0.325. The van der Waals surface area contributed by atoms with Gasteiger partial charge in [-0.2, -0.15) is 0 Å². The van der Waals surface area contributed by atoms with Crippen LogP contribution in [0.25, 0.3) is 5.43 Å². The molecular formula is C3H7N3. The average molecular weight is 85.1 g/mol. The lowest BCUT2D eigenvalue weighted by Gasteiger charge is -1.97. The maximum atomic E-state index is 3.77. The van der Waals surface area contributed by atoms with Crippen LogP contribution in [0.5, 0.6) is 0 Å². The molecule has 3 nitrogen and oxygen atoms in total. The molecule has 0 fully saturated rings. The number of hydrogen-bond donors (Lipinski definition) is 2. The Morgan fingerprint density at radius 1 is 2.00 bits per heavy atom. The second kappa shape index (κ2) is 1.18. The first kappa shape index (κ1) is 3.49. The lowest BCUT2D eigenvalue weighted by atomic mass is 10.6. The Balaban J connectivity index is 2.45. The van der Waals surface area contributed by atoms with Crippen molar-refractivity contribution in [2.24, 2.45) is 0 Å². The molecule has 0 saturated carbocycles. The maximum absolute atomic E-state index is 3.77. The zero-order valence-corrected chi connectivity index (χ0v) is 3.60. The highest BCUT2D eigenvalue weighted by Crippen LogP contribution is 1.87. The molecule has 1 heterocycles. The molecule has 1 aliphatic heterocycles. The van der Waals surface area contributed by atoms with Gasteiger partial charge in [-0.15, -0.1) is 6.20 Å². The van der Waals surface area contributed by atoms with Crippen LogP contribution in [0.1, 0.15) is 6.92 Å². The van der Waals surface area contributed by atoms with Crippen LogP contribution in [0, 0.1) is 0 Å². The molecule has 34 valence electrons. The molecule has 3 heteroatoms. The highest BCUT2D eigenvalue weighted by molar-refractivity contribution is 5.01. The molecule has 0 spiro atoms. The molecule has 0 bridgehead atoms. The number of nitrogens with zero attached hydrogens (tertiary/aromatic N) is 1. The van der Waals surface area contributed by atoms with E-state index in [2.05, 4.69) is 10.9 Å². The van der Waals surface area contributed by atoms with Crippen LogP contribution in [0.3, 0.4) is 0 Å². The van der Waals surface area contributed by atoms with Crippen LogP contribution in [-0.4, -0.2) is 0 Å². The van der Waals surface area contributed by atoms with E-state index in [9.17, 15) is 0 Å². The minimum Gasteiger partial charge on any atom is -0.469 e. The van der Waals surface area contributed by atoms with E-state index >= 15 is 0 Å². The Labute approximate surface area is 36.4 Å². The number of nitrogens with one attached hydrogen (secondary N) is 1. The van der Waals surface area contributed by atoms with Crippen molar-refractivity contribution < 1.29 is 5.53 Å². The molecule has 6 heavy (non-hydrogen) atoms. The Kier molecular flexibility index (Phi) is 0.686. The first-order valence-corrected chi connectivity index (χ1v) is 1.84. The predicted octanol–water partition coefficient (Wildman–Crippen LogP) is -0.782. The zero-order chi connectivity index (χ0) is 4.41. The van der Waals surface area contributed by atoms with Gasteiger partial charge in [0.25, 0.3) is 0 Å². The van der Waals surface area contributed by atoms with Crippen LogP contribution in [0.4, 0.5) is 0 Å². The summed E-state index contributed by atoms with van der Waals surface area (Å²) in [7, 11) is 0. The molecule has 1 aliphatic rings. The van der Waals surface area contributed by atoms with Crippen molar-refractivity contribution in [3.8, 4) is 0 Å². The molecule has 0 aliphatic carbocycles. The molecule has 1 rings (SSSR count). The number of rotatable bonds is 0. The van der Waals surface area contributed by atoms with Crippen LogP contribution < -0.4 is 11.0 Å². The number of quaternary nitrogens is 1. The summed E-state index contributed by atoms with van der Waals surface area (Å²) in [5.74, 6) is 0. The summed E-state index contributed by atoms with van der Waals surface area (Å²) in [6.07, 6.45) is 1.78. The van der Waals surface area contributed by atoms with E-state index in [-0.39, 0.29) is 0 Å². The SMILES string of the molecule is CC1=C[N-][NH2+]N1. The predicted molar refractivity (Wildman–Crippen MR) is 22.2 cm³/mol. The largest absolute Gasteiger partial charge is 0.469 e. The highest BCUT2D eigenvalue weighted by Gasteiger charge is 1.83. The van der Waals surface area contributed by atoms with Crippen molar-refractivity contribution in [1.29, 1.82) is 0 Å². The third-order valence-corrected chi connectivity index (χ3v) is 0.635. The van der Waals surface area contributed by atoms with E-state index in [1.54, 1.807) is 11.7 Å². The highest BCUT2D eigenvalue weighted by atomic mass is 15.6. The Morgan fingerprint density at radius 3 is 3.00 bits per heavy atom. The fourth-order valence-corrected chi connectivity index (χ4v) is 0.325. The van der Waals surface area contributed by atoms with Crippen molar-refractivity contribution in [3.05, 3.63) is 17.3 Å². The van der Waals surface area contributed by atoms with E-state index in [4.69, 9.17) is 0 Å². The second-order valence-electron chi connectivity index (χ2n) is 1.23. The normalized spacial score (nSPS) is 18.5. The van der Waals surface area contributed by atoms with Crippen LogP contribution in [-0.2, 0) is 0 Å². The number of nitrogens with two attached hydrogens (primary N) is 1. The average Bonchev–Trinajstić information content (AvgIpc) is 1.86. The van der Waals surface area contributed by atoms with Gasteiger partial charge in [-0.25, -0.2) is 0 Å². The molecule has 0 aromatic carbocycles. The number of allylic oxidation sites excluding steroid dienone is 1. The van der Waals surface area contributed by atoms with Gasteiger partial charge in [0.05, 0.1) is 0 Å². The van der Waals surface area contributed by atoms with Gasteiger partial charge < -0.3 is 5.43 Å². The Bertz CT molecular complexity index is 76.1. The standard InChI is InChI=1S/C3H7N3/c1-3-2-4-6-5-3/h2,5H,6H2,1H3. The van der Waals surface area contributed by atoms with E-state index in [0.29, 0.717) is 0 Å². The first-order valence-electron chi connectivity index (χ1n) is 1.84. The monoisotopic (exact) mass is 85.1 g/mol. The molecular weight excluding hydrogens is 78.1 g/mol. The van der Waals surface area contributed by atoms with Gasteiger partial charge in [-0.3, -0.25) is 11.0 Å². The van der Waals surface area contributed by atoms with Crippen molar-refractivity contribution in [2.45, 2.75) is 6.92 Å². The zero-order valence-electron chi connectivity index (χ0n) is 3.60. The number of hydrogen-bond acceptors (Lipinski definition) is 1. The van der Waals surface area contributed by atoms with Crippen molar-refractivity contribution in [3.63, 3.8) is 0 Å². The van der Waals surface area contributed by atoms with Crippen molar-refractivity contribution in [2.75, 3.05) is 0 Å². The van der Waals surface area contributed by atoms with Gasteiger partial charge >= 0.3 is 0 Å². The van der Waals surface area contributed by atoms with Crippen LogP contribution >= 0.6 is 0 Å². The molecule has 0 radical (unpaired) electrons. The van der Waals surface area contributed by atoms with Crippen LogP contribution in [0.15, 0.2) is 11.9 Å². The third kappa shape index (κ3) is 0.440. The van der Waals surface area contributed by atoms with Gasteiger partial charge in [-0.1, -0.05) is 0 Å². The topological polar surface area (TPSA) is 42.7 Å². The van der Waals surface area contributed by atoms with Gasteiger partial charge in [0.1, 0.15) is 0 Å². The molecule has 0 unspecified atom stereocenters. The summed E-state index contributed by atoms with van der Waals surface area (Å²) in [4.78, 5) is 0. The van der Waals surface area contributed by atoms with E-state index in [1.807, 2.05) is 6.92 Å². The van der Waals surface area contributed by atoms with Crippen molar-refractivity contribution in [1.82, 2.24) is 5.43 Å². The van der Waals surface area contributed by atoms with Gasteiger partial charge in [0, 0.05) is 5.70 Å². The summed E-state index contributed by atoms with van der Waals surface area (Å²) in [5.41, 5.74) is 9.42.